The molecule has 1 aromatic heterocycles. The maximum Gasteiger partial charge on any atom is 0.261 e. The largest absolute Gasteiger partial charge is 0.350 e. The first-order valence-corrected chi connectivity index (χ1v) is 7.53. The van der Waals surface area contributed by atoms with Crippen LogP contribution in [0.1, 0.15) is 40.9 Å². The fourth-order valence-electron chi connectivity index (χ4n) is 1.94. The van der Waals surface area contributed by atoms with Gasteiger partial charge in [-0.15, -0.1) is 11.3 Å². The fraction of sp³-hybridized carbons (Fsp3) is 0.643. The summed E-state index contributed by atoms with van der Waals surface area (Å²) in [7, 11) is 0. The number of thiophene rings is 1. The van der Waals surface area contributed by atoms with E-state index in [-0.39, 0.29) is 5.91 Å². The van der Waals surface area contributed by atoms with E-state index >= 15 is 0 Å². The molecule has 1 N–H and O–H groups in total. The molecule has 0 fully saturated rings. The molecule has 1 aromatic rings. The molecule has 18 heavy (non-hydrogen) atoms. The lowest BCUT2D eigenvalue weighted by Crippen LogP contribution is -2.34. The average molecular weight is 268 g/mol. The van der Waals surface area contributed by atoms with Crippen LogP contribution >= 0.6 is 11.3 Å². The van der Waals surface area contributed by atoms with E-state index in [1.165, 1.54) is 10.4 Å². The number of carbonyl (C=O) groups is 1. The zero-order chi connectivity index (χ0) is 13.5. The molecule has 0 atom stereocenters. The summed E-state index contributed by atoms with van der Waals surface area (Å²) in [4.78, 5) is 16.4. The smallest absolute Gasteiger partial charge is 0.261 e. The van der Waals surface area contributed by atoms with Gasteiger partial charge < -0.3 is 10.2 Å². The van der Waals surface area contributed by atoms with Gasteiger partial charge >= 0.3 is 0 Å². The number of rotatable bonds is 7. The molecule has 0 aliphatic carbocycles. The zero-order valence-corrected chi connectivity index (χ0v) is 12.7. The van der Waals surface area contributed by atoms with Crippen LogP contribution in [0.3, 0.4) is 0 Å². The normalized spacial score (nSPS) is 10.9. The lowest BCUT2D eigenvalue weighted by Gasteiger charge is -2.17. The van der Waals surface area contributed by atoms with Crippen molar-refractivity contribution in [1.82, 2.24) is 10.2 Å². The molecule has 3 nitrogen and oxygen atoms in total. The topological polar surface area (TPSA) is 32.3 Å². The van der Waals surface area contributed by atoms with Crippen LogP contribution in [0.25, 0.3) is 0 Å². The Kier molecular flexibility index (Phi) is 6.36. The van der Waals surface area contributed by atoms with Crippen molar-refractivity contribution in [2.45, 2.75) is 34.1 Å². The summed E-state index contributed by atoms with van der Waals surface area (Å²) in [5, 5.41) is 2.99. The van der Waals surface area contributed by atoms with Crippen molar-refractivity contribution in [1.29, 1.82) is 0 Å². The van der Waals surface area contributed by atoms with Gasteiger partial charge in [-0.2, -0.15) is 0 Å². The van der Waals surface area contributed by atoms with E-state index in [2.05, 4.69) is 37.9 Å². The summed E-state index contributed by atoms with van der Waals surface area (Å²) >= 11 is 1.61. The van der Waals surface area contributed by atoms with Gasteiger partial charge in [-0.25, -0.2) is 0 Å². The Morgan fingerprint density at radius 2 is 2.00 bits per heavy atom. The summed E-state index contributed by atoms with van der Waals surface area (Å²) in [6.45, 7) is 12.2. The molecular weight excluding hydrogens is 244 g/mol. The van der Waals surface area contributed by atoms with Crippen LogP contribution in [0.2, 0.25) is 0 Å². The summed E-state index contributed by atoms with van der Waals surface area (Å²) < 4.78 is 0. The predicted molar refractivity (Wildman–Crippen MR) is 78.6 cm³/mol. The molecule has 0 aliphatic heterocycles. The Hall–Kier alpha value is -0.870. The highest BCUT2D eigenvalue weighted by Crippen LogP contribution is 2.22. The van der Waals surface area contributed by atoms with Gasteiger partial charge in [0.1, 0.15) is 0 Å². The summed E-state index contributed by atoms with van der Waals surface area (Å²) in [6.07, 6.45) is 1.00. The third kappa shape index (κ3) is 4.10. The number of nitrogens with zero attached hydrogens (tertiary/aromatic N) is 1. The molecule has 0 bridgehead atoms. The zero-order valence-electron chi connectivity index (χ0n) is 11.9. The monoisotopic (exact) mass is 268 g/mol. The van der Waals surface area contributed by atoms with E-state index in [0.29, 0.717) is 0 Å². The van der Waals surface area contributed by atoms with Crippen LogP contribution < -0.4 is 5.32 Å². The second-order valence-corrected chi connectivity index (χ2v) is 5.49. The maximum atomic E-state index is 12.0. The lowest BCUT2D eigenvalue weighted by molar-refractivity contribution is 0.0953. The van der Waals surface area contributed by atoms with Gasteiger partial charge in [0.25, 0.3) is 5.91 Å². The van der Waals surface area contributed by atoms with Crippen molar-refractivity contribution >= 4 is 17.2 Å². The standard InChI is InChI=1S/C14H24N2OS/c1-5-12-11(4)10-13(18-12)14(17)15-8-9-16(6-2)7-3/h10H,5-9H2,1-4H3,(H,15,17). The highest BCUT2D eigenvalue weighted by molar-refractivity contribution is 7.14. The number of hydrogen-bond donors (Lipinski definition) is 1. The molecule has 0 radical (unpaired) electrons. The first kappa shape index (κ1) is 15.2. The summed E-state index contributed by atoms with van der Waals surface area (Å²) in [6, 6.07) is 2.00. The highest BCUT2D eigenvalue weighted by Gasteiger charge is 2.11. The molecule has 0 spiro atoms. The second kappa shape index (κ2) is 7.54. The molecule has 4 heteroatoms. The summed E-state index contributed by atoms with van der Waals surface area (Å²) in [5.74, 6) is 0.0648. The minimum absolute atomic E-state index is 0.0648. The van der Waals surface area contributed by atoms with Crippen molar-refractivity contribution in [2.24, 2.45) is 0 Å². The Morgan fingerprint density at radius 3 is 2.50 bits per heavy atom. The fourth-order valence-corrected chi connectivity index (χ4v) is 2.97. The lowest BCUT2D eigenvalue weighted by atomic mass is 10.2. The number of amides is 1. The Labute approximate surface area is 114 Å². The molecule has 0 saturated heterocycles. The van der Waals surface area contributed by atoms with Crippen molar-refractivity contribution in [3.8, 4) is 0 Å². The molecule has 0 saturated carbocycles. The number of hydrogen-bond acceptors (Lipinski definition) is 3. The van der Waals surface area contributed by atoms with Crippen LogP contribution in [0, 0.1) is 6.92 Å². The van der Waals surface area contributed by atoms with Crippen LogP contribution in [-0.4, -0.2) is 37.0 Å². The SMILES string of the molecule is CCc1sc(C(=O)NCCN(CC)CC)cc1C. The first-order valence-electron chi connectivity index (χ1n) is 6.72. The van der Waals surface area contributed by atoms with Crippen molar-refractivity contribution in [3.63, 3.8) is 0 Å². The van der Waals surface area contributed by atoms with E-state index in [1.807, 2.05) is 6.07 Å². The van der Waals surface area contributed by atoms with E-state index in [4.69, 9.17) is 0 Å². The number of nitrogens with one attached hydrogen (secondary N) is 1. The Balaban J connectivity index is 2.45. The van der Waals surface area contributed by atoms with Gasteiger partial charge in [-0.05, 0) is 38.1 Å². The Morgan fingerprint density at radius 1 is 1.33 bits per heavy atom. The molecule has 1 amide bonds. The van der Waals surface area contributed by atoms with Gasteiger partial charge in [0.05, 0.1) is 4.88 Å². The van der Waals surface area contributed by atoms with Gasteiger partial charge in [0, 0.05) is 18.0 Å². The van der Waals surface area contributed by atoms with Crippen LogP contribution in [-0.2, 0) is 6.42 Å². The van der Waals surface area contributed by atoms with Crippen LogP contribution in [0.5, 0.6) is 0 Å². The molecular formula is C14H24N2OS. The number of carbonyl (C=O) groups excluding carboxylic acids is 1. The van der Waals surface area contributed by atoms with Crippen molar-refractivity contribution in [2.75, 3.05) is 26.2 Å². The van der Waals surface area contributed by atoms with E-state index < -0.39 is 0 Å². The van der Waals surface area contributed by atoms with E-state index in [1.54, 1.807) is 11.3 Å². The van der Waals surface area contributed by atoms with Crippen LogP contribution in [0.15, 0.2) is 6.07 Å². The predicted octanol–water partition coefficient (Wildman–Crippen LogP) is 2.69. The van der Waals surface area contributed by atoms with E-state index in [0.717, 1.165) is 37.5 Å². The second-order valence-electron chi connectivity index (χ2n) is 4.35. The quantitative estimate of drug-likeness (QED) is 0.824. The summed E-state index contributed by atoms with van der Waals surface area (Å²) in [5.41, 5.74) is 1.23. The number of likely N-dealkylation sites (N-methyl/N-ethyl adjacent to an activating group) is 1. The van der Waals surface area contributed by atoms with Gasteiger partial charge in [0.15, 0.2) is 0 Å². The van der Waals surface area contributed by atoms with Gasteiger partial charge in [0.2, 0.25) is 0 Å². The van der Waals surface area contributed by atoms with E-state index in [9.17, 15) is 4.79 Å². The van der Waals surface area contributed by atoms with Gasteiger partial charge in [-0.3, -0.25) is 4.79 Å². The molecule has 102 valence electrons. The first-order chi connectivity index (χ1) is 8.62. The third-order valence-electron chi connectivity index (χ3n) is 3.17. The minimum Gasteiger partial charge on any atom is -0.350 e. The van der Waals surface area contributed by atoms with Crippen LogP contribution in [0.4, 0.5) is 0 Å². The molecule has 1 heterocycles. The molecule has 0 aromatic carbocycles. The molecule has 1 rings (SSSR count). The molecule has 0 unspecified atom stereocenters. The minimum atomic E-state index is 0.0648. The third-order valence-corrected chi connectivity index (χ3v) is 4.55. The Bertz CT molecular complexity index is 383. The number of aryl methyl sites for hydroxylation is 2. The molecule has 0 aliphatic rings. The van der Waals surface area contributed by atoms with Gasteiger partial charge in [-0.1, -0.05) is 20.8 Å². The van der Waals surface area contributed by atoms with Crippen molar-refractivity contribution in [3.05, 3.63) is 21.4 Å². The van der Waals surface area contributed by atoms with Crippen molar-refractivity contribution < 1.29 is 4.79 Å². The maximum absolute atomic E-state index is 12.0. The average Bonchev–Trinajstić information content (AvgIpc) is 2.76. The highest BCUT2D eigenvalue weighted by atomic mass is 32.1.